The summed E-state index contributed by atoms with van der Waals surface area (Å²) in [5.74, 6) is -1.89. The van der Waals surface area contributed by atoms with Gasteiger partial charge in [-0.1, -0.05) is 0 Å². The van der Waals surface area contributed by atoms with Crippen LogP contribution in [0.25, 0.3) is 0 Å². The number of carbonyl (C=O) groups is 2. The first-order chi connectivity index (χ1) is 12.4. The van der Waals surface area contributed by atoms with Crippen LogP contribution in [0.3, 0.4) is 0 Å². The average molecular weight is 363 g/mol. The number of ketones is 1. The van der Waals surface area contributed by atoms with Gasteiger partial charge >= 0.3 is 0 Å². The number of carbonyl (C=O) groups excluding carboxylic acids is 2. The molecule has 136 valence electrons. The summed E-state index contributed by atoms with van der Waals surface area (Å²) < 4.78 is 47.4. The van der Waals surface area contributed by atoms with E-state index in [-0.39, 0.29) is 42.0 Å². The number of furan rings is 1. The number of alkyl halides is 1. The molecule has 2 aliphatic rings. The number of hydrogen-bond donors (Lipinski definition) is 0. The van der Waals surface area contributed by atoms with Crippen LogP contribution in [0.15, 0.2) is 28.9 Å². The summed E-state index contributed by atoms with van der Waals surface area (Å²) in [6.07, 6.45) is 2.79. The third-order valence-corrected chi connectivity index (χ3v) is 5.07. The van der Waals surface area contributed by atoms with Gasteiger partial charge in [0, 0.05) is 31.9 Å². The minimum atomic E-state index is -2.04. The Hall–Kier alpha value is -2.57. The summed E-state index contributed by atoms with van der Waals surface area (Å²) in [6, 6.07) is 2.56. The second-order valence-electron chi connectivity index (χ2n) is 6.82. The molecule has 26 heavy (non-hydrogen) atoms. The normalized spacial score (nSPS) is 22.6. The van der Waals surface area contributed by atoms with Gasteiger partial charge in [-0.2, -0.15) is 0 Å². The van der Waals surface area contributed by atoms with Crippen LogP contribution in [0, 0.1) is 11.6 Å². The largest absolute Gasteiger partial charge is 0.468 e. The highest BCUT2D eigenvalue weighted by molar-refractivity contribution is 6.09. The summed E-state index contributed by atoms with van der Waals surface area (Å²) in [4.78, 5) is 26.2. The highest BCUT2D eigenvalue weighted by Crippen LogP contribution is 2.38. The lowest BCUT2D eigenvalue weighted by Gasteiger charge is -2.22. The Kier molecular flexibility index (Phi) is 3.89. The van der Waals surface area contributed by atoms with Gasteiger partial charge in [0.25, 0.3) is 5.91 Å². The number of Topliss-reactive ketones (excluding diaryl/α,β-unsaturated/α-hetero) is 1. The molecule has 4 nitrogen and oxygen atoms in total. The third-order valence-electron chi connectivity index (χ3n) is 5.07. The lowest BCUT2D eigenvalue weighted by Crippen LogP contribution is -2.33. The summed E-state index contributed by atoms with van der Waals surface area (Å²) in [5.41, 5.74) is -1.74. The van der Waals surface area contributed by atoms with Crippen LogP contribution in [0.4, 0.5) is 13.2 Å². The van der Waals surface area contributed by atoms with Gasteiger partial charge in [0.2, 0.25) is 0 Å². The minimum absolute atomic E-state index is 0.0738. The number of amides is 1. The fourth-order valence-corrected chi connectivity index (χ4v) is 3.74. The Balaban J connectivity index is 1.60. The fraction of sp³-hybridized carbons (Fsp3) is 0.368. The van der Waals surface area contributed by atoms with E-state index in [4.69, 9.17) is 4.42 Å². The molecule has 2 heterocycles. The quantitative estimate of drug-likeness (QED) is 0.816. The number of halogens is 3. The Labute approximate surface area is 147 Å². The molecule has 7 heteroatoms. The molecular weight excluding hydrogens is 347 g/mol. The molecule has 1 aliphatic carbocycles. The zero-order valence-corrected chi connectivity index (χ0v) is 13.9. The molecule has 1 saturated heterocycles. The average Bonchev–Trinajstić information content (AvgIpc) is 3.19. The summed E-state index contributed by atoms with van der Waals surface area (Å²) in [5, 5.41) is 0. The van der Waals surface area contributed by atoms with Crippen molar-refractivity contribution in [3.05, 3.63) is 58.5 Å². The molecule has 1 aromatic heterocycles. The van der Waals surface area contributed by atoms with Crippen LogP contribution in [0.1, 0.15) is 51.3 Å². The predicted molar refractivity (Wildman–Crippen MR) is 85.6 cm³/mol. The second-order valence-corrected chi connectivity index (χ2v) is 6.82. The van der Waals surface area contributed by atoms with Crippen LogP contribution >= 0.6 is 0 Å². The Bertz CT molecular complexity index is 887. The molecule has 0 radical (unpaired) electrons. The van der Waals surface area contributed by atoms with E-state index in [1.165, 1.54) is 11.2 Å². The van der Waals surface area contributed by atoms with Crippen LogP contribution in [-0.4, -0.2) is 29.7 Å². The van der Waals surface area contributed by atoms with E-state index in [0.717, 1.165) is 12.1 Å². The summed E-state index contributed by atoms with van der Waals surface area (Å²) >= 11 is 0. The van der Waals surface area contributed by atoms with Crippen molar-refractivity contribution in [3.8, 4) is 0 Å². The Morgan fingerprint density at radius 2 is 1.88 bits per heavy atom. The first-order valence-electron chi connectivity index (χ1n) is 8.46. The van der Waals surface area contributed by atoms with E-state index in [9.17, 15) is 18.4 Å². The van der Waals surface area contributed by atoms with Gasteiger partial charge in [-0.25, -0.2) is 13.2 Å². The molecule has 1 aliphatic heterocycles. The van der Waals surface area contributed by atoms with Crippen molar-refractivity contribution < 1.29 is 27.2 Å². The molecule has 4 rings (SSSR count). The van der Waals surface area contributed by atoms with E-state index in [0.29, 0.717) is 31.1 Å². The number of nitrogens with zero attached hydrogens (tertiary/aromatic N) is 1. The van der Waals surface area contributed by atoms with Crippen LogP contribution in [-0.2, 0) is 12.1 Å². The standard InChI is InChI=1S/C19H16F3NO3/c20-12-6-11(7-13(21)8-12)19(22)4-5-23(10-19)18(25)14-9-26-16-3-1-2-15(24)17(14)16/h6-9H,1-5,10H2. The van der Waals surface area contributed by atoms with Crippen molar-refractivity contribution in [2.75, 3.05) is 13.1 Å². The Morgan fingerprint density at radius 1 is 1.15 bits per heavy atom. The molecule has 1 amide bonds. The van der Waals surface area contributed by atoms with E-state index in [1.54, 1.807) is 0 Å². The first kappa shape index (κ1) is 16.9. The zero-order chi connectivity index (χ0) is 18.5. The maximum Gasteiger partial charge on any atom is 0.257 e. The van der Waals surface area contributed by atoms with Crippen molar-refractivity contribution >= 4 is 11.7 Å². The first-order valence-corrected chi connectivity index (χ1v) is 8.46. The zero-order valence-electron chi connectivity index (χ0n) is 13.9. The molecule has 1 aromatic carbocycles. The molecular formula is C19H16F3NO3. The smallest absolute Gasteiger partial charge is 0.257 e. The minimum Gasteiger partial charge on any atom is -0.468 e. The van der Waals surface area contributed by atoms with Crippen molar-refractivity contribution in [2.24, 2.45) is 0 Å². The van der Waals surface area contributed by atoms with Gasteiger partial charge in [-0.05, 0) is 24.1 Å². The van der Waals surface area contributed by atoms with E-state index in [1.807, 2.05) is 0 Å². The van der Waals surface area contributed by atoms with Crippen LogP contribution in [0.2, 0.25) is 0 Å². The molecule has 0 spiro atoms. The van der Waals surface area contributed by atoms with Crippen molar-refractivity contribution in [1.82, 2.24) is 4.90 Å². The molecule has 2 aromatic rings. The predicted octanol–water partition coefficient (Wildman–Crippen LogP) is 3.79. The van der Waals surface area contributed by atoms with Crippen molar-refractivity contribution in [3.63, 3.8) is 0 Å². The number of fused-ring (bicyclic) bond motifs is 1. The third kappa shape index (κ3) is 2.71. The lowest BCUT2D eigenvalue weighted by atomic mass is 9.93. The van der Waals surface area contributed by atoms with E-state index >= 15 is 4.39 Å². The molecule has 1 fully saturated rings. The van der Waals surface area contributed by atoms with Crippen molar-refractivity contribution in [1.29, 1.82) is 0 Å². The summed E-state index contributed by atoms with van der Waals surface area (Å²) in [6.45, 7) is -0.246. The number of likely N-dealkylation sites (tertiary alicyclic amines) is 1. The van der Waals surface area contributed by atoms with Gasteiger partial charge in [0.05, 0.1) is 17.7 Å². The van der Waals surface area contributed by atoms with Gasteiger partial charge in [0.1, 0.15) is 23.7 Å². The molecule has 0 N–H and O–H groups in total. The summed E-state index contributed by atoms with van der Waals surface area (Å²) in [7, 11) is 0. The monoisotopic (exact) mass is 363 g/mol. The van der Waals surface area contributed by atoms with E-state index in [2.05, 4.69) is 0 Å². The fourth-order valence-electron chi connectivity index (χ4n) is 3.74. The molecule has 0 saturated carbocycles. The maximum absolute atomic E-state index is 15.3. The topological polar surface area (TPSA) is 50.5 Å². The van der Waals surface area contributed by atoms with E-state index < -0.39 is 23.2 Å². The SMILES string of the molecule is O=C1CCCc2occ(C(=O)N3CCC(F)(c4cc(F)cc(F)c4)C3)c21. The number of rotatable bonds is 2. The highest BCUT2D eigenvalue weighted by Gasteiger charge is 2.43. The molecule has 0 bridgehead atoms. The second kappa shape index (κ2) is 6.00. The lowest BCUT2D eigenvalue weighted by molar-refractivity contribution is 0.0745. The van der Waals surface area contributed by atoms with Crippen LogP contribution < -0.4 is 0 Å². The number of hydrogen-bond acceptors (Lipinski definition) is 3. The van der Waals surface area contributed by atoms with Crippen LogP contribution in [0.5, 0.6) is 0 Å². The number of benzene rings is 1. The molecule has 1 atom stereocenters. The highest BCUT2D eigenvalue weighted by atomic mass is 19.1. The molecule has 1 unspecified atom stereocenters. The Morgan fingerprint density at radius 3 is 2.62 bits per heavy atom. The van der Waals surface area contributed by atoms with Crippen molar-refractivity contribution in [2.45, 2.75) is 31.4 Å². The van der Waals surface area contributed by atoms with Gasteiger partial charge in [0.15, 0.2) is 11.5 Å². The van der Waals surface area contributed by atoms with Gasteiger partial charge in [-0.15, -0.1) is 0 Å². The number of aryl methyl sites for hydroxylation is 1. The van der Waals surface area contributed by atoms with Gasteiger partial charge in [-0.3, -0.25) is 9.59 Å². The van der Waals surface area contributed by atoms with Gasteiger partial charge < -0.3 is 9.32 Å². The maximum atomic E-state index is 15.3.